The van der Waals surface area contributed by atoms with Gasteiger partial charge in [-0.3, -0.25) is 0 Å². The maximum Gasteiger partial charge on any atom is 0.338 e. The summed E-state index contributed by atoms with van der Waals surface area (Å²) in [5, 5.41) is 0. The van der Waals surface area contributed by atoms with Crippen LogP contribution < -0.4 is 0 Å². The van der Waals surface area contributed by atoms with Crippen LogP contribution >= 0.6 is 0 Å². The monoisotopic (exact) mass is 340 g/mol. The fourth-order valence-electron chi connectivity index (χ4n) is 2.36. The molecule has 0 saturated carbocycles. The number of benzene rings is 2. The van der Waals surface area contributed by atoms with Crippen LogP contribution in [0.3, 0.4) is 0 Å². The summed E-state index contributed by atoms with van der Waals surface area (Å²) in [5.74, 6) is -0.247. The third-order valence-corrected chi connectivity index (χ3v) is 3.60. The number of rotatable bonds is 2. The van der Waals surface area contributed by atoms with Crippen LogP contribution in [-0.4, -0.2) is 11.6 Å². The summed E-state index contributed by atoms with van der Waals surface area (Å²) in [6, 6.07) is 18.1. The van der Waals surface area contributed by atoms with E-state index in [-0.39, 0.29) is 11.4 Å². The Hall–Kier alpha value is -2.09. The number of aryl methyl sites for hydroxylation is 1. The van der Waals surface area contributed by atoms with Gasteiger partial charge in [0.25, 0.3) is 0 Å². The molecule has 0 fully saturated rings. The van der Waals surface area contributed by atoms with Gasteiger partial charge in [-0.25, -0.2) is 4.79 Å². The van der Waals surface area contributed by atoms with Crippen molar-refractivity contribution >= 4 is 5.97 Å². The van der Waals surface area contributed by atoms with Gasteiger partial charge in [-0.15, -0.1) is 0 Å². The zero-order chi connectivity index (χ0) is 19.1. The lowest BCUT2D eigenvalue weighted by Crippen LogP contribution is -2.26. The second kappa shape index (κ2) is 8.84. The molecular formula is C23H32O2. The van der Waals surface area contributed by atoms with Crippen molar-refractivity contribution in [1.82, 2.24) is 0 Å². The molecule has 2 nitrogen and oxygen atoms in total. The molecule has 0 unspecified atom stereocenters. The number of carbonyl (C=O) groups is 1. The van der Waals surface area contributed by atoms with E-state index < -0.39 is 5.60 Å². The SMILES string of the molecule is CC(C)(C)OC(=O)c1ccccc1C(C)(C)C.CCc1ccccc1. The molecule has 0 heterocycles. The van der Waals surface area contributed by atoms with Gasteiger partial charge in [-0.2, -0.15) is 0 Å². The summed E-state index contributed by atoms with van der Waals surface area (Å²) in [4.78, 5) is 12.1. The summed E-state index contributed by atoms with van der Waals surface area (Å²) in [5.41, 5.74) is 2.58. The molecular weight excluding hydrogens is 308 g/mol. The number of carbonyl (C=O) groups excluding carboxylic acids is 1. The Morgan fingerprint density at radius 1 is 0.840 bits per heavy atom. The molecule has 0 aliphatic rings. The number of hydrogen-bond donors (Lipinski definition) is 0. The summed E-state index contributed by atoms with van der Waals surface area (Å²) in [6.45, 7) is 14.1. The summed E-state index contributed by atoms with van der Waals surface area (Å²) >= 11 is 0. The van der Waals surface area contributed by atoms with Crippen LogP contribution in [0.25, 0.3) is 0 Å². The van der Waals surface area contributed by atoms with Gasteiger partial charge in [0.05, 0.1) is 5.56 Å². The van der Waals surface area contributed by atoms with Crippen molar-refractivity contribution in [2.75, 3.05) is 0 Å². The highest BCUT2D eigenvalue weighted by molar-refractivity contribution is 5.91. The predicted octanol–water partition coefficient (Wildman–Crippen LogP) is 6.19. The summed E-state index contributed by atoms with van der Waals surface area (Å²) in [7, 11) is 0. The van der Waals surface area contributed by atoms with Gasteiger partial charge in [0.1, 0.15) is 5.60 Å². The molecule has 0 radical (unpaired) electrons. The van der Waals surface area contributed by atoms with Crippen LogP contribution in [0.4, 0.5) is 0 Å². The lowest BCUT2D eigenvalue weighted by atomic mass is 9.84. The van der Waals surface area contributed by atoms with E-state index in [0.717, 1.165) is 12.0 Å². The average Bonchev–Trinajstić information content (AvgIpc) is 2.54. The first kappa shape index (κ1) is 21.0. The molecule has 0 N–H and O–H groups in total. The molecule has 0 aromatic heterocycles. The van der Waals surface area contributed by atoms with Gasteiger partial charge >= 0.3 is 5.97 Å². The molecule has 2 aromatic carbocycles. The third kappa shape index (κ3) is 7.55. The largest absolute Gasteiger partial charge is 0.456 e. The minimum absolute atomic E-state index is 0.0620. The average molecular weight is 341 g/mol. The van der Waals surface area contributed by atoms with Crippen molar-refractivity contribution in [3.05, 3.63) is 71.3 Å². The van der Waals surface area contributed by atoms with E-state index in [1.54, 1.807) is 0 Å². The fourth-order valence-corrected chi connectivity index (χ4v) is 2.36. The Morgan fingerprint density at radius 3 is 1.80 bits per heavy atom. The van der Waals surface area contributed by atoms with Gasteiger partial charge in [0.15, 0.2) is 0 Å². The van der Waals surface area contributed by atoms with Gasteiger partial charge in [-0.05, 0) is 49.8 Å². The Balaban J connectivity index is 0.000000324. The van der Waals surface area contributed by atoms with Crippen LogP contribution in [-0.2, 0) is 16.6 Å². The minimum Gasteiger partial charge on any atom is -0.456 e. The molecule has 136 valence electrons. The molecule has 0 aliphatic carbocycles. The van der Waals surface area contributed by atoms with Gasteiger partial charge in [0, 0.05) is 0 Å². The second-order valence-electron chi connectivity index (χ2n) is 8.14. The first-order chi connectivity index (χ1) is 11.5. The normalized spacial score (nSPS) is 11.3. The van der Waals surface area contributed by atoms with Crippen LogP contribution in [0, 0.1) is 0 Å². The number of hydrogen-bond acceptors (Lipinski definition) is 2. The quantitative estimate of drug-likeness (QED) is 0.609. The van der Waals surface area contributed by atoms with Gasteiger partial charge < -0.3 is 4.74 Å². The van der Waals surface area contributed by atoms with E-state index in [9.17, 15) is 4.79 Å². The standard InChI is InChI=1S/C15H22O2.C8H10/c1-14(2,3)12-10-8-7-9-11(12)13(16)17-15(4,5)6;1-2-8-6-4-3-5-7-8/h7-10H,1-6H3;3-7H,2H2,1H3. The number of esters is 1. The zero-order valence-electron chi connectivity index (χ0n) is 16.7. The summed E-state index contributed by atoms with van der Waals surface area (Å²) in [6.07, 6.45) is 1.14. The molecule has 0 amide bonds. The lowest BCUT2D eigenvalue weighted by molar-refractivity contribution is 0.00669. The maximum atomic E-state index is 12.1. The molecule has 0 atom stereocenters. The van der Waals surface area contributed by atoms with E-state index in [1.165, 1.54) is 5.56 Å². The Bertz CT molecular complexity index is 658. The summed E-state index contributed by atoms with van der Waals surface area (Å²) < 4.78 is 5.42. The van der Waals surface area contributed by atoms with Crippen LogP contribution in [0.15, 0.2) is 54.6 Å². The van der Waals surface area contributed by atoms with Crippen molar-refractivity contribution < 1.29 is 9.53 Å². The molecule has 0 spiro atoms. The van der Waals surface area contributed by atoms with Crippen LogP contribution in [0.2, 0.25) is 0 Å². The number of ether oxygens (including phenoxy) is 1. The first-order valence-electron chi connectivity index (χ1n) is 8.91. The maximum absolute atomic E-state index is 12.1. The Kier molecular flexibility index (Phi) is 7.41. The lowest BCUT2D eigenvalue weighted by Gasteiger charge is -2.25. The van der Waals surface area contributed by atoms with E-state index in [1.807, 2.05) is 51.1 Å². The third-order valence-electron chi connectivity index (χ3n) is 3.60. The molecule has 2 heteroatoms. The first-order valence-corrected chi connectivity index (χ1v) is 8.91. The van der Waals surface area contributed by atoms with Crippen molar-refractivity contribution in [2.45, 2.75) is 65.9 Å². The van der Waals surface area contributed by atoms with E-state index in [2.05, 4.69) is 52.0 Å². The van der Waals surface area contributed by atoms with E-state index >= 15 is 0 Å². The molecule has 0 bridgehead atoms. The van der Waals surface area contributed by atoms with Crippen molar-refractivity contribution in [3.8, 4) is 0 Å². The minimum atomic E-state index is -0.456. The molecule has 2 aromatic rings. The zero-order valence-corrected chi connectivity index (χ0v) is 16.7. The van der Waals surface area contributed by atoms with Crippen LogP contribution in [0.5, 0.6) is 0 Å². The van der Waals surface area contributed by atoms with Gasteiger partial charge in [-0.1, -0.05) is 76.2 Å². The molecule has 0 aliphatic heterocycles. The van der Waals surface area contributed by atoms with Crippen molar-refractivity contribution in [3.63, 3.8) is 0 Å². The van der Waals surface area contributed by atoms with Crippen LogP contribution in [0.1, 0.15) is 70.0 Å². The highest BCUT2D eigenvalue weighted by atomic mass is 16.6. The smallest absolute Gasteiger partial charge is 0.338 e. The van der Waals surface area contributed by atoms with E-state index in [0.29, 0.717) is 5.56 Å². The molecule has 2 rings (SSSR count). The predicted molar refractivity (Wildman–Crippen MR) is 106 cm³/mol. The van der Waals surface area contributed by atoms with Gasteiger partial charge in [0.2, 0.25) is 0 Å². The van der Waals surface area contributed by atoms with Crippen molar-refractivity contribution in [1.29, 1.82) is 0 Å². The highest BCUT2D eigenvalue weighted by Crippen LogP contribution is 2.27. The molecule has 0 saturated heterocycles. The highest BCUT2D eigenvalue weighted by Gasteiger charge is 2.24. The molecule has 25 heavy (non-hydrogen) atoms. The van der Waals surface area contributed by atoms with Crippen molar-refractivity contribution in [2.24, 2.45) is 0 Å². The van der Waals surface area contributed by atoms with E-state index in [4.69, 9.17) is 4.74 Å². The topological polar surface area (TPSA) is 26.3 Å². The Morgan fingerprint density at radius 2 is 1.36 bits per heavy atom. The second-order valence-corrected chi connectivity index (χ2v) is 8.14. The Labute approximate surface area is 153 Å². The fraction of sp³-hybridized carbons (Fsp3) is 0.435.